The molecular formula is C15H15FN2S. The van der Waals surface area contributed by atoms with E-state index < -0.39 is 0 Å². The van der Waals surface area contributed by atoms with Crippen molar-refractivity contribution in [1.29, 1.82) is 5.41 Å². The van der Waals surface area contributed by atoms with E-state index in [2.05, 4.69) is 0 Å². The molecule has 3 N–H and O–H groups in total. The molecule has 0 atom stereocenters. The van der Waals surface area contributed by atoms with Gasteiger partial charge in [0.15, 0.2) is 0 Å². The smallest absolute Gasteiger partial charge is 0.127 e. The summed E-state index contributed by atoms with van der Waals surface area (Å²) in [6.07, 6.45) is 0. The highest BCUT2D eigenvalue weighted by Gasteiger charge is 2.06. The van der Waals surface area contributed by atoms with Crippen molar-refractivity contribution in [2.45, 2.75) is 17.6 Å². The Labute approximate surface area is 116 Å². The second-order valence-electron chi connectivity index (χ2n) is 4.32. The first-order valence-corrected chi connectivity index (χ1v) is 6.87. The summed E-state index contributed by atoms with van der Waals surface area (Å²) in [4.78, 5) is 1.11. The number of rotatable bonds is 4. The van der Waals surface area contributed by atoms with E-state index in [1.165, 1.54) is 11.6 Å². The van der Waals surface area contributed by atoms with Gasteiger partial charge in [0, 0.05) is 16.2 Å². The number of nitrogens with two attached hydrogens (primary N) is 1. The molecule has 0 saturated carbocycles. The van der Waals surface area contributed by atoms with Crippen LogP contribution in [0, 0.1) is 18.2 Å². The normalized spacial score (nSPS) is 10.4. The Morgan fingerprint density at radius 3 is 2.47 bits per heavy atom. The van der Waals surface area contributed by atoms with E-state index in [1.807, 2.05) is 31.2 Å². The molecule has 0 unspecified atom stereocenters. The Bertz CT molecular complexity index is 594. The van der Waals surface area contributed by atoms with Gasteiger partial charge in [-0.2, -0.15) is 0 Å². The third-order valence-electron chi connectivity index (χ3n) is 2.78. The first-order chi connectivity index (χ1) is 9.06. The van der Waals surface area contributed by atoms with Gasteiger partial charge in [0.05, 0.1) is 0 Å². The van der Waals surface area contributed by atoms with Gasteiger partial charge in [-0.1, -0.05) is 29.8 Å². The van der Waals surface area contributed by atoms with E-state index in [0.717, 1.165) is 4.90 Å². The van der Waals surface area contributed by atoms with Gasteiger partial charge in [-0.3, -0.25) is 5.41 Å². The van der Waals surface area contributed by atoms with E-state index >= 15 is 0 Å². The average Bonchev–Trinajstić information content (AvgIpc) is 2.39. The lowest BCUT2D eigenvalue weighted by Crippen LogP contribution is -2.11. The number of nitrogens with one attached hydrogen (secondary N) is 1. The van der Waals surface area contributed by atoms with Gasteiger partial charge in [0.2, 0.25) is 0 Å². The van der Waals surface area contributed by atoms with Crippen molar-refractivity contribution in [2.75, 3.05) is 0 Å². The third kappa shape index (κ3) is 3.58. The van der Waals surface area contributed by atoms with Crippen LogP contribution in [0.25, 0.3) is 0 Å². The van der Waals surface area contributed by atoms with Crippen LogP contribution in [0.3, 0.4) is 0 Å². The molecule has 0 aliphatic rings. The van der Waals surface area contributed by atoms with Gasteiger partial charge in [0.25, 0.3) is 0 Å². The zero-order valence-electron chi connectivity index (χ0n) is 10.6. The van der Waals surface area contributed by atoms with Crippen molar-refractivity contribution in [3.63, 3.8) is 0 Å². The highest BCUT2D eigenvalue weighted by molar-refractivity contribution is 7.98. The Morgan fingerprint density at radius 2 is 1.89 bits per heavy atom. The SMILES string of the molecule is Cc1ccc(SCc2ccc(C(=N)N)cc2F)cc1. The molecule has 0 aliphatic heterocycles. The molecule has 0 saturated heterocycles. The molecule has 2 aromatic rings. The van der Waals surface area contributed by atoms with Gasteiger partial charge < -0.3 is 5.73 Å². The summed E-state index contributed by atoms with van der Waals surface area (Å²) in [7, 11) is 0. The molecule has 2 nitrogen and oxygen atoms in total. The molecular weight excluding hydrogens is 259 g/mol. The van der Waals surface area contributed by atoms with Crippen LogP contribution in [-0.2, 0) is 5.75 Å². The van der Waals surface area contributed by atoms with E-state index in [-0.39, 0.29) is 11.7 Å². The number of nitrogen functional groups attached to an aromatic ring is 1. The fraction of sp³-hybridized carbons (Fsp3) is 0.133. The molecule has 0 spiro atoms. The summed E-state index contributed by atoms with van der Waals surface area (Å²) in [5.74, 6) is 0.136. The monoisotopic (exact) mass is 274 g/mol. The van der Waals surface area contributed by atoms with Crippen LogP contribution in [0.15, 0.2) is 47.4 Å². The van der Waals surface area contributed by atoms with Crippen molar-refractivity contribution in [1.82, 2.24) is 0 Å². The molecule has 0 bridgehead atoms. The van der Waals surface area contributed by atoms with Gasteiger partial charge in [-0.15, -0.1) is 11.8 Å². The largest absolute Gasteiger partial charge is 0.384 e. The number of hydrogen-bond acceptors (Lipinski definition) is 2. The van der Waals surface area contributed by atoms with Crippen LogP contribution in [-0.4, -0.2) is 5.84 Å². The van der Waals surface area contributed by atoms with Crippen LogP contribution in [0.5, 0.6) is 0 Å². The van der Waals surface area contributed by atoms with Crippen molar-refractivity contribution in [3.05, 3.63) is 65.0 Å². The first-order valence-electron chi connectivity index (χ1n) is 5.88. The Kier molecular flexibility index (Phi) is 4.22. The van der Waals surface area contributed by atoms with Crippen molar-refractivity contribution >= 4 is 17.6 Å². The Hall–Kier alpha value is -1.81. The maximum atomic E-state index is 13.8. The minimum Gasteiger partial charge on any atom is -0.384 e. The van der Waals surface area contributed by atoms with Crippen molar-refractivity contribution in [3.8, 4) is 0 Å². The summed E-state index contributed by atoms with van der Waals surface area (Å²) in [6, 6.07) is 12.8. The molecule has 4 heteroatoms. The highest BCUT2D eigenvalue weighted by Crippen LogP contribution is 2.24. The van der Waals surface area contributed by atoms with Gasteiger partial charge in [-0.05, 0) is 30.7 Å². The molecule has 19 heavy (non-hydrogen) atoms. The third-order valence-corrected chi connectivity index (χ3v) is 3.84. The quantitative estimate of drug-likeness (QED) is 0.507. The van der Waals surface area contributed by atoms with E-state index in [4.69, 9.17) is 11.1 Å². The van der Waals surface area contributed by atoms with Crippen molar-refractivity contribution in [2.24, 2.45) is 5.73 Å². The minimum atomic E-state index is -0.313. The Morgan fingerprint density at radius 1 is 1.21 bits per heavy atom. The lowest BCUT2D eigenvalue weighted by Gasteiger charge is -2.06. The predicted molar refractivity (Wildman–Crippen MR) is 78.2 cm³/mol. The summed E-state index contributed by atoms with van der Waals surface area (Å²) in [5.41, 5.74) is 7.57. The number of benzene rings is 2. The number of halogens is 1. The molecule has 0 radical (unpaired) electrons. The number of aryl methyl sites for hydroxylation is 1. The second-order valence-corrected chi connectivity index (χ2v) is 5.37. The molecule has 0 aromatic heterocycles. The number of thioether (sulfide) groups is 1. The van der Waals surface area contributed by atoms with E-state index in [9.17, 15) is 4.39 Å². The fourth-order valence-electron chi connectivity index (χ4n) is 1.63. The van der Waals surface area contributed by atoms with Crippen LogP contribution < -0.4 is 5.73 Å². The van der Waals surface area contributed by atoms with Gasteiger partial charge in [-0.25, -0.2) is 4.39 Å². The molecule has 2 rings (SSSR count). The fourth-order valence-corrected chi connectivity index (χ4v) is 2.51. The minimum absolute atomic E-state index is 0.114. The Balaban J connectivity index is 2.07. The molecule has 98 valence electrons. The van der Waals surface area contributed by atoms with E-state index in [1.54, 1.807) is 23.9 Å². The van der Waals surface area contributed by atoms with E-state index in [0.29, 0.717) is 16.9 Å². The summed E-state index contributed by atoms with van der Waals surface area (Å²) in [5, 5.41) is 7.26. The van der Waals surface area contributed by atoms with Crippen LogP contribution >= 0.6 is 11.8 Å². The lowest BCUT2D eigenvalue weighted by molar-refractivity contribution is 0.617. The summed E-state index contributed by atoms with van der Waals surface area (Å²) >= 11 is 1.59. The number of hydrogen-bond donors (Lipinski definition) is 2. The topological polar surface area (TPSA) is 49.9 Å². The summed E-state index contributed by atoms with van der Waals surface area (Å²) in [6.45, 7) is 2.04. The zero-order valence-corrected chi connectivity index (χ0v) is 11.4. The highest BCUT2D eigenvalue weighted by atomic mass is 32.2. The average molecular weight is 274 g/mol. The number of amidine groups is 1. The molecule has 0 heterocycles. The maximum Gasteiger partial charge on any atom is 0.127 e. The van der Waals surface area contributed by atoms with Crippen molar-refractivity contribution < 1.29 is 4.39 Å². The first kappa shape index (κ1) is 13.6. The molecule has 0 fully saturated rings. The lowest BCUT2D eigenvalue weighted by atomic mass is 10.1. The van der Waals surface area contributed by atoms with Crippen LogP contribution in [0.4, 0.5) is 4.39 Å². The molecule has 0 amide bonds. The molecule has 2 aromatic carbocycles. The van der Waals surface area contributed by atoms with Crippen LogP contribution in [0.1, 0.15) is 16.7 Å². The maximum absolute atomic E-state index is 13.8. The standard InChI is InChI=1S/C15H15FN2S/c1-10-2-6-13(7-3-10)19-9-12-5-4-11(15(17)18)8-14(12)16/h2-8H,9H2,1H3,(H3,17,18). The predicted octanol–water partition coefficient (Wildman–Crippen LogP) is 3.71. The van der Waals surface area contributed by atoms with Gasteiger partial charge in [0.1, 0.15) is 11.7 Å². The summed E-state index contributed by atoms with van der Waals surface area (Å²) < 4.78 is 13.8. The molecule has 0 aliphatic carbocycles. The second kappa shape index (κ2) is 5.89. The van der Waals surface area contributed by atoms with Crippen LogP contribution in [0.2, 0.25) is 0 Å². The zero-order chi connectivity index (χ0) is 13.8. The van der Waals surface area contributed by atoms with Gasteiger partial charge >= 0.3 is 0 Å².